The minimum atomic E-state index is -3.85. The average Bonchev–Trinajstić information content (AvgIpc) is 3.22. The number of furan rings is 1. The number of carbonyl (C=O) groups excluding carboxylic acids is 2. The number of piperidine rings is 1. The van der Waals surface area contributed by atoms with Crippen LogP contribution in [0.4, 0.5) is 5.69 Å². The highest BCUT2D eigenvalue weighted by Gasteiger charge is 2.41. The Bertz CT molecular complexity index is 978. The Hall–Kier alpha value is -2.61. The molecule has 2 aliphatic rings. The van der Waals surface area contributed by atoms with E-state index in [-0.39, 0.29) is 35.2 Å². The van der Waals surface area contributed by atoms with Crippen molar-refractivity contribution in [1.29, 1.82) is 0 Å². The lowest BCUT2D eigenvalue weighted by molar-refractivity contribution is -0.132. The van der Waals surface area contributed by atoms with Gasteiger partial charge in [0.15, 0.2) is 9.84 Å². The summed E-state index contributed by atoms with van der Waals surface area (Å²) in [4.78, 5) is 28.9. The van der Waals surface area contributed by atoms with Crippen LogP contribution in [-0.2, 0) is 19.4 Å². The first-order valence-corrected chi connectivity index (χ1v) is 11.0. The van der Waals surface area contributed by atoms with E-state index in [1.807, 2.05) is 0 Å². The van der Waals surface area contributed by atoms with Crippen LogP contribution in [-0.4, -0.2) is 44.8 Å². The van der Waals surface area contributed by atoms with Gasteiger partial charge in [-0.25, -0.2) is 8.42 Å². The molecule has 148 valence electrons. The van der Waals surface area contributed by atoms with E-state index in [0.717, 1.165) is 19.3 Å². The van der Waals surface area contributed by atoms with Gasteiger partial charge in [-0.2, -0.15) is 0 Å². The fraction of sp³-hybridized carbons (Fsp3) is 0.400. The van der Waals surface area contributed by atoms with Crippen molar-refractivity contribution in [2.24, 2.45) is 0 Å². The van der Waals surface area contributed by atoms with Crippen molar-refractivity contribution in [3.8, 4) is 0 Å². The Morgan fingerprint density at radius 1 is 1.07 bits per heavy atom. The summed E-state index contributed by atoms with van der Waals surface area (Å²) in [6, 6.07) is 9.52. The molecule has 28 heavy (non-hydrogen) atoms. The van der Waals surface area contributed by atoms with Crippen molar-refractivity contribution < 1.29 is 22.4 Å². The van der Waals surface area contributed by atoms with Crippen LogP contribution in [0.1, 0.15) is 36.7 Å². The van der Waals surface area contributed by atoms with Crippen molar-refractivity contribution in [1.82, 2.24) is 4.90 Å². The molecule has 1 unspecified atom stereocenters. The summed E-state index contributed by atoms with van der Waals surface area (Å²) < 4.78 is 31.8. The average molecular weight is 402 g/mol. The molecule has 1 fully saturated rings. The molecule has 1 saturated heterocycles. The maximum absolute atomic E-state index is 13.3. The Morgan fingerprint density at radius 3 is 2.54 bits per heavy atom. The number of benzene rings is 1. The van der Waals surface area contributed by atoms with Gasteiger partial charge in [-0.05, 0) is 43.5 Å². The lowest BCUT2D eigenvalue weighted by atomic mass is 10.1. The summed E-state index contributed by atoms with van der Waals surface area (Å²) in [5.41, 5.74) is 0.256. The highest BCUT2D eigenvalue weighted by Crippen LogP contribution is 2.40. The third-order valence-electron chi connectivity index (χ3n) is 5.36. The van der Waals surface area contributed by atoms with Crippen LogP contribution in [0.5, 0.6) is 0 Å². The molecule has 0 N–H and O–H groups in total. The monoisotopic (exact) mass is 402 g/mol. The first-order valence-electron chi connectivity index (χ1n) is 9.43. The van der Waals surface area contributed by atoms with E-state index in [1.165, 1.54) is 17.2 Å². The molecule has 3 heterocycles. The van der Waals surface area contributed by atoms with E-state index in [4.69, 9.17) is 4.42 Å². The highest BCUT2D eigenvalue weighted by atomic mass is 32.2. The largest absolute Gasteiger partial charge is 0.468 e. The molecule has 2 aliphatic heterocycles. The molecule has 2 amide bonds. The van der Waals surface area contributed by atoms with Gasteiger partial charge in [-0.3, -0.25) is 9.59 Å². The van der Waals surface area contributed by atoms with Crippen molar-refractivity contribution >= 4 is 27.3 Å². The lowest BCUT2D eigenvalue weighted by Gasteiger charge is -2.30. The zero-order valence-corrected chi connectivity index (χ0v) is 16.2. The number of para-hydroxylation sites is 1. The van der Waals surface area contributed by atoms with Gasteiger partial charge in [0.1, 0.15) is 17.6 Å². The topological polar surface area (TPSA) is 87.9 Å². The molecule has 8 heteroatoms. The SMILES string of the molecule is O=C(CN1C(=O)CC(c2ccco2)S(=O)(=O)c2ccccc21)N1CCCCC1. The van der Waals surface area contributed by atoms with Gasteiger partial charge in [0.2, 0.25) is 11.8 Å². The molecule has 0 radical (unpaired) electrons. The molecule has 0 aliphatic carbocycles. The number of likely N-dealkylation sites (tertiary alicyclic amines) is 1. The van der Waals surface area contributed by atoms with E-state index in [0.29, 0.717) is 13.1 Å². The number of fused-ring (bicyclic) bond motifs is 1. The fourth-order valence-electron chi connectivity index (χ4n) is 3.87. The molecular formula is C20H22N2O5S. The Balaban J connectivity index is 1.72. The summed E-state index contributed by atoms with van der Waals surface area (Å²) in [5.74, 6) is -0.329. The van der Waals surface area contributed by atoms with Crippen LogP contribution in [0, 0.1) is 0 Å². The molecule has 0 bridgehead atoms. The number of sulfone groups is 1. The summed E-state index contributed by atoms with van der Waals surface area (Å²) in [7, 11) is -3.85. The number of rotatable bonds is 3. The summed E-state index contributed by atoms with van der Waals surface area (Å²) in [5, 5.41) is -1.11. The first-order chi connectivity index (χ1) is 13.5. The molecule has 0 saturated carbocycles. The van der Waals surface area contributed by atoms with Gasteiger partial charge >= 0.3 is 0 Å². The lowest BCUT2D eigenvalue weighted by Crippen LogP contribution is -2.44. The van der Waals surface area contributed by atoms with Crippen LogP contribution in [0.3, 0.4) is 0 Å². The Kier molecular flexibility index (Phi) is 4.97. The van der Waals surface area contributed by atoms with E-state index in [1.54, 1.807) is 35.2 Å². The minimum absolute atomic E-state index is 0.0497. The van der Waals surface area contributed by atoms with Crippen molar-refractivity contribution in [2.75, 3.05) is 24.5 Å². The molecule has 0 spiro atoms. The van der Waals surface area contributed by atoms with E-state index < -0.39 is 21.0 Å². The second-order valence-electron chi connectivity index (χ2n) is 7.14. The number of hydrogen-bond acceptors (Lipinski definition) is 5. The number of amides is 2. The van der Waals surface area contributed by atoms with Crippen molar-refractivity contribution in [3.63, 3.8) is 0 Å². The Morgan fingerprint density at radius 2 is 1.82 bits per heavy atom. The number of carbonyl (C=O) groups is 2. The van der Waals surface area contributed by atoms with Gasteiger partial charge in [-0.1, -0.05) is 12.1 Å². The zero-order chi connectivity index (χ0) is 19.7. The van der Waals surface area contributed by atoms with Gasteiger partial charge in [0, 0.05) is 13.1 Å². The molecule has 2 aromatic rings. The normalized spacial score (nSPS) is 21.9. The zero-order valence-electron chi connectivity index (χ0n) is 15.4. The summed E-state index contributed by atoms with van der Waals surface area (Å²) in [6.07, 6.45) is 4.12. The quantitative estimate of drug-likeness (QED) is 0.787. The van der Waals surface area contributed by atoms with Crippen molar-refractivity contribution in [2.45, 2.75) is 35.8 Å². The third kappa shape index (κ3) is 3.32. The highest BCUT2D eigenvalue weighted by molar-refractivity contribution is 7.91. The Labute approximate surface area is 163 Å². The molecule has 7 nitrogen and oxygen atoms in total. The second-order valence-corrected chi connectivity index (χ2v) is 9.24. The predicted octanol–water partition coefficient (Wildman–Crippen LogP) is 2.54. The summed E-state index contributed by atoms with van der Waals surface area (Å²) >= 11 is 0. The van der Waals surface area contributed by atoms with E-state index in [2.05, 4.69) is 0 Å². The third-order valence-corrected chi connectivity index (χ3v) is 7.47. The maximum atomic E-state index is 13.3. The molecule has 1 atom stereocenters. The first kappa shape index (κ1) is 18.7. The van der Waals surface area contributed by atoms with Crippen LogP contribution in [0.15, 0.2) is 52.0 Å². The van der Waals surface area contributed by atoms with Gasteiger partial charge in [-0.15, -0.1) is 0 Å². The van der Waals surface area contributed by atoms with Crippen LogP contribution in [0.25, 0.3) is 0 Å². The molecular weight excluding hydrogens is 380 g/mol. The van der Waals surface area contributed by atoms with Gasteiger partial charge in [0.05, 0.1) is 23.3 Å². The maximum Gasteiger partial charge on any atom is 0.242 e. The van der Waals surface area contributed by atoms with Gasteiger partial charge < -0.3 is 14.2 Å². The van der Waals surface area contributed by atoms with Crippen LogP contribution in [0.2, 0.25) is 0 Å². The van der Waals surface area contributed by atoms with Crippen molar-refractivity contribution in [3.05, 3.63) is 48.4 Å². The van der Waals surface area contributed by atoms with Crippen LogP contribution < -0.4 is 4.90 Å². The smallest absolute Gasteiger partial charge is 0.242 e. The standard InChI is InChI=1S/C20H22N2O5S/c23-19-13-18(16-8-6-12-27-16)28(25,26)17-9-3-2-7-15(17)22(19)14-20(24)21-10-4-1-5-11-21/h2-3,6-9,12,18H,1,4-5,10-11,13-14H2. The number of nitrogens with zero attached hydrogens (tertiary/aromatic N) is 2. The summed E-state index contributed by atoms with van der Waals surface area (Å²) in [6.45, 7) is 1.20. The minimum Gasteiger partial charge on any atom is -0.468 e. The van der Waals surface area contributed by atoms with E-state index >= 15 is 0 Å². The van der Waals surface area contributed by atoms with Crippen LogP contribution >= 0.6 is 0 Å². The molecule has 1 aromatic carbocycles. The van der Waals surface area contributed by atoms with E-state index in [9.17, 15) is 18.0 Å². The predicted molar refractivity (Wildman–Crippen MR) is 102 cm³/mol. The molecule has 4 rings (SSSR count). The second kappa shape index (κ2) is 7.43. The van der Waals surface area contributed by atoms with Gasteiger partial charge in [0.25, 0.3) is 0 Å². The number of hydrogen-bond donors (Lipinski definition) is 0. The number of anilines is 1. The molecule has 1 aromatic heterocycles. The fourth-order valence-corrected chi connectivity index (χ4v) is 5.71.